The van der Waals surface area contributed by atoms with Gasteiger partial charge in [-0.05, 0) is 17.7 Å². The van der Waals surface area contributed by atoms with Crippen molar-refractivity contribution in [3.05, 3.63) is 36.4 Å². The van der Waals surface area contributed by atoms with Crippen LogP contribution in [0.1, 0.15) is 5.56 Å². The van der Waals surface area contributed by atoms with E-state index in [1.807, 2.05) is 6.07 Å². The van der Waals surface area contributed by atoms with Crippen molar-refractivity contribution in [2.24, 2.45) is 0 Å². The predicted octanol–water partition coefficient (Wildman–Crippen LogP) is 1.63. The first kappa shape index (κ1) is 10.5. The topological polar surface area (TPSA) is 57.9 Å². The maximum absolute atomic E-state index is 11.1. The fourth-order valence-electron chi connectivity index (χ4n) is 0.968. The number of hydrogen-bond donors (Lipinski definition) is 0. The zero-order chi connectivity index (χ0) is 10.8. The van der Waals surface area contributed by atoms with Gasteiger partial charge in [0.15, 0.2) is 9.84 Å². The highest BCUT2D eigenvalue weighted by atomic mass is 32.2. The number of nitrogens with zero attached hydrogens (tertiary/aromatic N) is 1. The molecule has 0 amide bonds. The minimum atomic E-state index is -3.16. The van der Waals surface area contributed by atoms with Crippen molar-refractivity contribution in [3.8, 4) is 6.07 Å². The summed E-state index contributed by atoms with van der Waals surface area (Å²) >= 11 is 0. The van der Waals surface area contributed by atoms with Crippen LogP contribution in [0.3, 0.4) is 0 Å². The molecule has 0 bridgehead atoms. The van der Waals surface area contributed by atoms with Crippen LogP contribution < -0.4 is 0 Å². The van der Waals surface area contributed by atoms with E-state index in [0.29, 0.717) is 11.1 Å². The van der Waals surface area contributed by atoms with Crippen LogP contribution in [-0.4, -0.2) is 14.7 Å². The zero-order valence-corrected chi connectivity index (χ0v) is 8.50. The molecule has 72 valence electrons. The zero-order valence-electron chi connectivity index (χ0n) is 7.69. The van der Waals surface area contributed by atoms with Crippen molar-refractivity contribution in [3.63, 3.8) is 0 Å². The lowest BCUT2D eigenvalue weighted by atomic mass is 10.1. The van der Waals surface area contributed by atoms with E-state index in [9.17, 15) is 8.42 Å². The van der Waals surface area contributed by atoms with Crippen LogP contribution in [0.5, 0.6) is 0 Å². The largest absolute Gasteiger partial charge is 0.224 e. The summed E-state index contributed by atoms with van der Waals surface area (Å²) in [5.74, 6) is 0. The molecule has 1 rings (SSSR count). The summed E-state index contributed by atoms with van der Waals surface area (Å²) in [4.78, 5) is 0.243. The van der Waals surface area contributed by atoms with Crippen molar-refractivity contribution in [2.45, 2.75) is 4.90 Å². The molecular weight excluding hydrogens is 198 g/mol. The molecule has 0 heterocycles. The summed E-state index contributed by atoms with van der Waals surface area (Å²) in [6.07, 6.45) is 1.14. The lowest BCUT2D eigenvalue weighted by Gasteiger charge is -1.99. The molecule has 0 atom stereocenters. The van der Waals surface area contributed by atoms with Crippen molar-refractivity contribution in [1.29, 1.82) is 5.26 Å². The lowest BCUT2D eigenvalue weighted by Crippen LogP contribution is -1.96. The van der Waals surface area contributed by atoms with Crippen LogP contribution in [0.4, 0.5) is 0 Å². The van der Waals surface area contributed by atoms with E-state index in [2.05, 4.69) is 6.58 Å². The van der Waals surface area contributed by atoms with Crippen molar-refractivity contribution in [2.75, 3.05) is 6.26 Å². The molecule has 0 saturated heterocycles. The molecule has 0 aliphatic rings. The maximum Gasteiger partial charge on any atom is 0.175 e. The summed E-state index contributed by atoms with van der Waals surface area (Å²) in [6.45, 7) is 3.52. The molecule has 1 aromatic carbocycles. The second kappa shape index (κ2) is 3.64. The standard InChI is InChI=1S/C10H9NO2S/c1-8(7-11)9-3-5-10(6-4-9)14(2,12)13/h3-6H,1H2,2H3. The van der Waals surface area contributed by atoms with Crippen LogP contribution in [0.25, 0.3) is 5.57 Å². The van der Waals surface area contributed by atoms with Crippen LogP contribution in [0.15, 0.2) is 35.7 Å². The third-order valence-corrected chi connectivity index (χ3v) is 2.89. The number of nitriles is 1. The predicted molar refractivity (Wildman–Crippen MR) is 54.2 cm³/mol. The Morgan fingerprint density at radius 2 is 1.86 bits per heavy atom. The van der Waals surface area contributed by atoms with E-state index < -0.39 is 9.84 Å². The third-order valence-electron chi connectivity index (χ3n) is 1.77. The van der Waals surface area contributed by atoms with Gasteiger partial charge >= 0.3 is 0 Å². The van der Waals surface area contributed by atoms with Gasteiger partial charge in [-0.1, -0.05) is 18.7 Å². The molecule has 14 heavy (non-hydrogen) atoms. The Morgan fingerprint density at radius 1 is 1.36 bits per heavy atom. The monoisotopic (exact) mass is 207 g/mol. The number of allylic oxidation sites excluding steroid dienone is 1. The van der Waals surface area contributed by atoms with E-state index in [1.165, 1.54) is 12.1 Å². The first-order valence-electron chi connectivity index (χ1n) is 3.84. The summed E-state index contributed by atoms with van der Waals surface area (Å²) in [7, 11) is -3.16. The fourth-order valence-corrected chi connectivity index (χ4v) is 1.60. The molecule has 0 N–H and O–H groups in total. The Hall–Kier alpha value is -1.60. The lowest BCUT2D eigenvalue weighted by molar-refractivity contribution is 0.602. The Morgan fingerprint density at radius 3 is 2.21 bits per heavy atom. The molecule has 0 saturated carbocycles. The SMILES string of the molecule is C=C(C#N)c1ccc(S(C)(=O)=O)cc1. The highest BCUT2D eigenvalue weighted by molar-refractivity contribution is 7.90. The first-order chi connectivity index (χ1) is 6.45. The molecule has 0 aromatic heterocycles. The van der Waals surface area contributed by atoms with Gasteiger partial charge < -0.3 is 0 Å². The molecule has 0 aliphatic heterocycles. The molecule has 0 aliphatic carbocycles. The average molecular weight is 207 g/mol. The van der Waals surface area contributed by atoms with Gasteiger partial charge in [0.1, 0.15) is 0 Å². The molecule has 3 nitrogen and oxygen atoms in total. The number of rotatable bonds is 2. The Labute approximate surface area is 83.2 Å². The van der Waals surface area contributed by atoms with Crippen LogP contribution in [0, 0.1) is 11.3 Å². The molecule has 0 unspecified atom stereocenters. The highest BCUT2D eigenvalue weighted by Gasteiger charge is 2.06. The van der Waals surface area contributed by atoms with Gasteiger partial charge in [-0.3, -0.25) is 0 Å². The molecule has 0 radical (unpaired) electrons. The van der Waals surface area contributed by atoms with Gasteiger partial charge in [0.2, 0.25) is 0 Å². The Balaban J connectivity index is 3.15. The van der Waals surface area contributed by atoms with Gasteiger partial charge in [0.05, 0.1) is 16.5 Å². The first-order valence-corrected chi connectivity index (χ1v) is 5.74. The normalized spacial score (nSPS) is 10.6. The van der Waals surface area contributed by atoms with E-state index in [-0.39, 0.29) is 4.90 Å². The summed E-state index contributed by atoms with van der Waals surface area (Å²) in [6, 6.07) is 7.97. The van der Waals surface area contributed by atoms with E-state index in [0.717, 1.165) is 6.26 Å². The van der Waals surface area contributed by atoms with E-state index >= 15 is 0 Å². The second-order valence-corrected chi connectivity index (χ2v) is 4.90. The summed E-state index contributed by atoms with van der Waals surface area (Å²) in [5, 5.41) is 8.55. The van der Waals surface area contributed by atoms with Crippen LogP contribution in [-0.2, 0) is 9.84 Å². The second-order valence-electron chi connectivity index (χ2n) is 2.89. The summed E-state index contributed by atoms with van der Waals surface area (Å²) in [5.41, 5.74) is 0.963. The molecule has 1 aromatic rings. The number of hydrogen-bond acceptors (Lipinski definition) is 3. The number of benzene rings is 1. The fraction of sp³-hybridized carbons (Fsp3) is 0.100. The van der Waals surface area contributed by atoms with Gasteiger partial charge in [0, 0.05) is 6.26 Å². The smallest absolute Gasteiger partial charge is 0.175 e. The quantitative estimate of drug-likeness (QED) is 0.692. The van der Waals surface area contributed by atoms with Gasteiger partial charge in [-0.15, -0.1) is 0 Å². The number of sulfone groups is 1. The van der Waals surface area contributed by atoms with Gasteiger partial charge in [0.25, 0.3) is 0 Å². The highest BCUT2D eigenvalue weighted by Crippen LogP contribution is 2.15. The average Bonchev–Trinajstić information content (AvgIpc) is 2.15. The Bertz CT molecular complexity index is 492. The van der Waals surface area contributed by atoms with Crippen molar-refractivity contribution >= 4 is 15.4 Å². The minimum absolute atomic E-state index is 0.243. The Kier molecular flexibility index (Phi) is 2.73. The van der Waals surface area contributed by atoms with Crippen LogP contribution in [0.2, 0.25) is 0 Å². The minimum Gasteiger partial charge on any atom is -0.224 e. The molecule has 0 spiro atoms. The van der Waals surface area contributed by atoms with Crippen molar-refractivity contribution in [1.82, 2.24) is 0 Å². The van der Waals surface area contributed by atoms with Gasteiger partial charge in [-0.25, -0.2) is 8.42 Å². The summed E-state index contributed by atoms with van der Waals surface area (Å²) < 4.78 is 22.2. The molecular formula is C10H9NO2S. The van der Waals surface area contributed by atoms with E-state index in [4.69, 9.17) is 5.26 Å². The van der Waals surface area contributed by atoms with E-state index in [1.54, 1.807) is 12.1 Å². The maximum atomic E-state index is 11.1. The van der Waals surface area contributed by atoms with Crippen molar-refractivity contribution < 1.29 is 8.42 Å². The third kappa shape index (κ3) is 2.21. The molecule has 0 fully saturated rings. The van der Waals surface area contributed by atoms with Crippen LogP contribution >= 0.6 is 0 Å². The van der Waals surface area contributed by atoms with Gasteiger partial charge in [-0.2, -0.15) is 5.26 Å². The molecule has 4 heteroatoms.